The van der Waals surface area contributed by atoms with E-state index in [-0.39, 0.29) is 17.9 Å². The predicted octanol–water partition coefficient (Wildman–Crippen LogP) is 2.90. The van der Waals surface area contributed by atoms with E-state index in [0.29, 0.717) is 29.4 Å². The van der Waals surface area contributed by atoms with Crippen molar-refractivity contribution in [3.8, 4) is 0 Å². The molecule has 1 aromatic carbocycles. The second-order valence-electron chi connectivity index (χ2n) is 4.50. The van der Waals surface area contributed by atoms with E-state index < -0.39 is 0 Å². The Hall–Kier alpha value is -1.85. The zero-order valence-electron chi connectivity index (χ0n) is 11.6. The van der Waals surface area contributed by atoms with E-state index in [2.05, 4.69) is 5.32 Å². The molecule has 1 aromatic heterocycles. The van der Waals surface area contributed by atoms with Crippen molar-refractivity contribution in [1.82, 2.24) is 4.57 Å². The van der Waals surface area contributed by atoms with E-state index >= 15 is 0 Å². The van der Waals surface area contributed by atoms with E-state index in [4.69, 9.17) is 16.3 Å². The molecule has 21 heavy (non-hydrogen) atoms. The first-order valence-electron chi connectivity index (χ1n) is 6.48. The minimum Gasteiger partial charge on any atom is -0.383 e. The molecule has 0 aliphatic rings. The molecule has 2 aromatic rings. The molecule has 4 nitrogen and oxygen atoms in total. The van der Waals surface area contributed by atoms with Crippen LogP contribution in [0.4, 0.5) is 10.1 Å². The Morgan fingerprint density at radius 3 is 2.86 bits per heavy atom. The van der Waals surface area contributed by atoms with Crippen molar-refractivity contribution >= 4 is 17.3 Å². The number of benzene rings is 1. The van der Waals surface area contributed by atoms with E-state index in [9.17, 15) is 9.18 Å². The molecule has 0 fully saturated rings. The highest BCUT2D eigenvalue weighted by Crippen LogP contribution is 2.20. The van der Waals surface area contributed by atoms with Crippen LogP contribution in [0.3, 0.4) is 0 Å². The molecular formula is C15H16ClFN2O2. The van der Waals surface area contributed by atoms with Crippen LogP contribution >= 0.6 is 11.6 Å². The Kier molecular flexibility index (Phi) is 5.36. The van der Waals surface area contributed by atoms with Crippen molar-refractivity contribution in [1.29, 1.82) is 0 Å². The van der Waals surface area contributed by atoms with Gasteiger partial charge < -0.3 is 14.6 Å². The Morgan fingerprint density at radius 1 is 1.33 bits per heavy atom. The minimum absolute atomic E-state index is 0.110. The summed E-state index contributed by atoms with van der Waals surface area (Å²) in [6.45, 7) is 1.15. The number of nitrogens with one attached hydrogen (secondary N) is 1. The van der Waals surface area contributed by atoms with Crippen LogP contribution in [0.1, 0.15) is 5.56 Å². The second-order valence-corrected chi connectivity index (χ2v) is 4.90. The van der Waals surface area contributed by atoms with Crippen molar-refractivity contribution < 1.29 is 9.13 Å². The van der Waals surface area contributed by atoms with Gasteiger partial charge in [-0.25, -0.2) is 4.39 Å². The maximum Gasteiger partial charge on any atom is 0.250 e. The summed E-state index contributed by atoms with van der Waals surface area (Å²) < 4.78 is 20.2. The van der Waals surface area contributed by atoms with Crippen LogP contribution in [0.2, 0.25) is 5.02 Å². The van der Waals surface area contributed by atoms with Gasteiger partial charge in [-0.3, -0.25) is 4.79 Å². The molecule has 1 heterocycles. The summed E-state index contributed by atoms with van der Waals surface area (Å²) in [7, 11) is 1.58. The SMILES string of the molecule is COCCn1cc(NCc2c(F)cccc2Cl)ccc1=O. The molecule has 2 rings (SSSR count). The quantitative estimate of drug-likeness (QED) is 0.892. The molecule has 0 bridgehead atoms. The molecule has 0 amide bonds. The molecule has 0 aliphatic heterocycles. The fourth-order valence-electron chi connectivity index (χ4n) is 1.89. The molecule has 0 unspecified atom stereocenters. The number of anilines is 1. The largest absolute Gasteiger partial charge is 0.383 e. The number of hydrogen-bond acceptors (Lipinski definition) is 3. The standard InChI is InChI=1S/C15H16ClFN2O2/c1-21-8-7-19-10-11(5-6-15(19)20)18-9-12-13(16)3-2-4-14(12)17/h2-6,10,18H,7-9H2,1H3. The van der Waals surface area contributed by atoms with Crippen molar-refractivity contribution in [3.63, 3.8) is 0 Å². The van der Waals surface area contributed by atoms with Gasteiger partial charge >= 0.3 is 0 Å². The Balaban J connectivity index is 2.11. The Bertz CT molecular complexity index is 653. The first-order valence-corrected chi connectivity index (χ1v) is 6.86. The smallest absolute Gasteiger partial charge is 0.250 e. The van der Waals surface area contributed by atoms with Gasteiger partial charge in [0.05, 0.1) is 12.3 Å². The number of methoxy groups -OCH3 is 1. The summed E-state index contributed by atoms with van der Waals surface area (Å²) >= 11 is 5.97. The van der Waals surface area contributed by atoms with Gasteiger partial charge in [-0.05, 0) is 18.2 Å². The van der Waals surface area contributed by atoms with Gasteiger partial charge in [0.25, 0.3) is 5.56 Å². The number of hydrogen-bond donors (Lipinski definition) is 1. The van der Waals surface area contributed by atoms with Gasteiger partial charge in [-0.2, -0.15) is 0 Å². The monoisotopic (exact) mass is 310 g/mol. The summed E-state index contributed by atoms with van der Waals surface area (Å²) in [5.74, 6) is -0.359. The van der Waals surface area contributed by atoms with Crippen molar-refractivity contribution in [2.75, 3.05) is 19.0 Å². The van der Waals surface area contributed by atoms with Gasteiger partial charge in [-0.15, -0.1) is 0 Å². The molecule has 0 radical (unpaired) electrons. The summed E-state index contributed by atoms with van der Waals surface area (Å²) in [6, 6.07) is 7.68. The van der Waals surface area contributed by atoms with E-state index in [1.807, 2.05) is 0 Å². The molecular weight excluding hydrogens is 295 g/mol. The van der Waals surface area contributed by atoms with Crippen LogP contribution in [-0.4, -0.2) is 18.3 Å². The molecule has 0 spiro atoms. The fourth-order valence-corrected chi connectivity index (χ4v) is 2.12. The average molecular weight is 311 g/mol. The number of rotatable bonds is 6. The normalized spacial score (nSPS) is 10.6. The number of nitrogens with zero attached hydrogens (tertiary/aromatic N) is 1. The lowest BCUT2D eigenvalue weighted by Gasteiger charge is -2.11. The van der Waals surface area contributed by atoms with E-state index in [1.54, 1.807) is 31.5 Å². The summed E-state index contributed by atoms with van der Waals surface area (Å²) in [6.07, 6.45) is 1.68. The number of halogens is 2. The summed E-state index contributed by atoms with van der Waals surface area (Å²) in [5.41, 5.74) is 1.00. The first kappa shape index (κ1) is 15.5. The second kappa shape index (κ2) is 7.24. The zero-order valence-corrected chi connectivity index (χ0v) is 12.4. The topological polar surface area (TPSA) is 43.3 Å². The van der Waals surface area contributed by atoms with Crippen LogP contribution in [0.25, 0.3) is 0 Å². The summed E-state index contributed by atoms with van der Waals surface area (Å²) in [5, 5.41) is 3.43. The lowest BCUT2D eigenvalue weighted by Crippen LogP contribution is -2.21. The first-order chi connectivity index (χ1) is 10.1. The van der Waals surface area contributed by atoms with Crippen LogP contribution in [0.5, 0.6) is 0 Å². The van der Waals surface area contributed by atoms with Crippen LogP contribution in [-0.2, 0) is 17.8 Å². The molecule has 6 heteroatoms. The lowest BCUT2D eigenvalue weighted by molar-refractivity contribution is 0.186. The van der Waals surface area contributed by atoms with Crippen molar-refractivity contribution in [2.24, 2.45) is 0 Å². The van der Waals surface area contributed by atoms with Crippen LogP contribution in [0, 0.1) is 5.82 Å². The van der Waals surface area contributed by atoms with Gasteiger partial charge in [0.1, 0.15) is 5.82 Å². The fraction of sp³-hybridized carbons (Fsp3) is 0.267. The predicted molar refractivity (Wildman–Crippen MR) is 81.3 cm³/mol. The highest BCUT2D eigenvalue weighted by molar-refractivity contribution is 6.31. The van der Waals surface area contributed by atoms with Crippen LogP contribution < -0.4 is 10.9 Å². The number of aromatic nitrogens is 1. The molecule has 1 N–H and O–H groups in total. The molecule has 112 valence electrons. The number of pyridine rings is 1. The Labute approximate surface area is 127 Å². The van der Waals surface area contributed by atoms with Gasteiger partial charge in [0, 0.05) is 43.0 Å². The van der Waals surface area contributed by atoms with E-state index in [0.717, 1.165) is 0 Å². The zero-order chi connectivity index (χ0) is 15.2. The highest BCUT2D eigenvalue weighted by Gasteiger charge is 2.07. The lowest BCUT2D eigenvalue weighted by atomic mass is 10.2. The molecule has 0 saturated carbocycles. The maximum atomic E-state index is 13.7. The third-order valence-electron chi connectivity index (χ3n) is 3.05. The van der Waals surface area contributed by atoms with Gasteiger partial charge in [0.15, 0.2) is 0 Å². The Morgan fingerprint density at radius 2 is 2.14 bits per heavy atom. The molecule has 0 aliphatic carbocycles. The molecule has 0 atom stereocenters. The highest BCUT2D eigenvalue weighted by atomic mass is 35.5. The van der Waals surface area contributed by atoms with Crippen molar-refractivity contribution in [2.45, 2.75) is 13.1 Å². The maximum absolute atomic E-state index is 13.7. The van der Waals surface area contributed by atoms with Gasteiger partial charge in [-0.1, -0.05) is 17.7 Å². The third-order valence-corrected chi connectivity index (χ3v) is 3.40. The molecule has 0 saturated heterocycles. The average Bonchev–Trinajstić information content (AvgIpc) is 2.47. The van der Waals surface area contributed by atoms with Crippen molar-refractivity contribution in [3.05, 3.63) is 63.3 Å². The minimum atomic E-state index is -0.359. The number of ether oxygens (including phenoxy) is 1. The summed E-state index contributed by atoms with van der Waals surface area (Å²) in [4.78, 5) is 11.7. The van der Waals surface area contributed by atoms with Gasteiger partial charge in [0.2, 0.25) is 0 Å². The van der Waals surface area contributed by atoms with E-state index in [1.165, 1.54) is 16.7 Å². The van der Waals surface area contributed by atoms with Crippen LogP contribution in [0.15, 0.2) is 41.3 Å². The third kappa shape index (κ3) is 4.06.